The maximum atomic E-state index is 11.8. The zero-order valence-electron chi connectivity index (χ0n) is 9.38. The summed E-state index contributed by atoms with van der Waals surface area (Å²) in [5.41, 5.74) is -0.274. The molecule has 1 fully saturated rings. The van der Waals surface area contributed by atoms with Gasteiger partial charge in [0.1, 0.15) is 6.54 Å². The number of carbonyl (C=O) groups is 2. The number of nitrogens with one attached hydrogen (secondary N) is 1. The molecule has 1 aliphatic rings. The molecule has 15 heavy (non-hydrogen) atoms. The standard InChI is InChI=1S/C11H19NO3/c1-8(2)6-11(4-3-5-11)10(15)12-7-9(13)14/h8H,3-7H2,1-2H3,(H,12,15)(H,13,14). The molecule has 0 unspecified atom stereocenters. The maximum Gasteiger partial charge on any atom is 0.322 e. The number of hydrogen-bond donors (Lipinski definition) is 2. The van der Waals surface area contributed by atoms with Gasteiger partial charge >= 0.3 is 5.97 Å². The lowest BCUT2D eigenvalue weighted by Gasteiger charge is -2.41. The lowest BCUT2D eigenvalue weighted by atomic mass is 9.64. The highest BCUT2D eigenvalue weighted by Gasteiger charge is 2.44. The second-order valence-electron chi connectivity index (χ2n) is 4.81. The first-order valence-corrected chi connectivity index (χ1v) is 5.46. The molecule has 1 rings (SSSR count). The summed E-state index contributed by atoms with van der Waals surface area (Å²) in [4.78, 5) is 22.2. The van der Waals surface area contributed by atoms with Crippen molar-refractivity contribution < 1.29 is 14.7 Å². The van der Waals surface area contributed by atoms with Crippen molar-refractivity contribution in [2.45, 2.75) is 39.5 Å². The summed E-state index contributed by atoms with van der Waals surface area (Å²) in [6.45, 7) is 3.91. The second kappa shape index (κ2) is 4.64. The quantitative estimate of drug-likeness (QED) is 0.725. The zero-order chi connectivity index (χ0) is 11.5. The van der Waals surface area contributed by atoms with Crippen LogP contribution >= 0.6 is 0 Å². The minimum Gasteiger partial charge on any atom is -0.480 e. The molecule has 86 valence electrons. The Kier molecular flexibility index (Phi) is 3.72. The molecular formula is C11H19NO3. The van der Waals surface area contributed by atoms with Gasteiger partial charge in [-0.25, -0.2) is 0 Å². The van der Waals surface area contributed by atoms with Gasteiger partial charge < -0.3 is 10.4 Å². The van der Waals surface area contributed by atoms with Crippen LogP contribution in [0.3, 0.4) is 0 Å². The largest absolute Gasteiger partial charge is 0.480 e. The summed E-state index contributed by atoms with van der Waals surface area (Å²) in [5.74, 6) is -0.590. The number of carbonyl (C=O) groups excluding carboxylic acids is 1. The van der Waals surface area contributed by atoms with Crippen LogP contribution in [-0.4, -0.2) is 23.5 Å². The Hall–Kier alpha value is -1.06. The molecule has 0 aliphatic heterocycles. The van der Waals surface area contributed by atoms with E-state index in [-0.39, 0.29) is 17.9 Å². The van der Waals surface area contributed by atoms with E-state index in [2.05, 4.69) is 19.2 Å². The van der Waals surface area contributed by atoms with E-state index in [1.807, 2.05) is 0 Å². The summed E-state index contributed by atoms with van der Waals surface area (Å²) >= 11 is 0. The molecular weight excluding hydrogens is 194 g/mol. The van der Waals surface area contributed by atoms with Crippen LogP contribution in [0, 0.1) is 11.3 Å². The van der Waals surface area contributed by atoms with E-state index in [1.54, 1.807) is 0 Å². The Balaban J connectivity index is 2.50. The Morgan fingerprint density at radius 1 is 1.40 bits per heavy atom. The highest BCUT2D eigenvalue weighted by atomic mass is 16.4. The van der Waals surface area contributed by atoms with E-state index >= 15 is 0 Å². The Morgan fingerprint density at radius 3 is 2.33 bits per heavy atom. The van der Waals surface area contributed by atoms with Gasteiger partial charge in [0, 0.05) is 5.41 Å². The molecule has 1 aliphatic carbocycles. The molecule has 0 aromatic rings. The van der Waals surface area contributed by atoms with Crippen molar-refractivity contribution in [3.8, 4) is 0 Å². The fourth-order valence-electron chi connectivity index (χ4n) is 2.25. The molecule has 0 radical (unpaired) electrons. The Labute approximate surface area is 90.0 Å². The normalized spacial score (nSPS) is 18.3. The van der Waals surface area contributed by atoms with Gasteiger partial charge in [0.2, 0.25) is 5.91 Å². The van der Waals surface area contributed by atoms with Gasteiger partial charge in [-0.3, -0.25) is 9.59 Å². The molecule has 1 saturated carbocycles. The van der Waals surface area contributed by atoms with E-state index in [9.17, 15) is 9.59 Å². The number of aliphatic carboxylic acids is 1. The van der Waals surface area contributed by atoms with Crippen molar-refractivity contribution in [3.05, 3.63) is 0 Å². The molecule has 0 atom stereocenters. The summed E-state index contributed by atoms with van der Waals surface area (Å²) in [6, 6.07) is 0. The molecule has 1 amide bonds. The van der Waals surface area contributed by atoms with E-state index in [0.717, 1.165) is 25.7 Å². The number of rotatable bonds is 5. The maximum absolute atomic E-state index is 11.8. The highest BCUT2D eigenvalue weighted by Crippen LogP contribution is 2.45. The smallest absolute Gasteiger partial charge is 0.322 e. The van der Waals surface area contributed by atoms with Gasteiger partial charge in [0.15, 0.2) is 0 Å². The second-order valence-corrected chi connectivity index (χ2v) is 4.81. The molecule has 0 bridgehead atoms. The van der Waals surface area contributed by atoms with Gasteiger partial charge in [-0.05, 0) is 25.2 Å². The van der Waals surface area contributed by atoms with Crippen LogP contribution in [-0.2, 0) is 9.59 Å². The van der Waals surface area contributed by atoms with Gasteiger partial charge in [-0.15, -0.1) is 0 Å². The minimum atomic E-state index is -0.984. The predicted molar refractivity (Wildman–Crippen MR) is 56.4 cm³/mol. The van der Waals surface area contributed by atoms with Gasteiger partial charge in [-0.1, -0.05) is 20.3 Å². The van der Waals surface area contributed by atoms with Gasteiger partial charge in [0.25, 0.3) is 0 Å². The SMILES string of the molecule is CC(C)CC1(C(=O)NCC(=O)O)CCC1. The average molecular weight is 213 g/mol. The summed E-state index contributed by atoms with van der Waals surface area (Å²) in [7, 11) is 0. The number of carboxylic acids is 1. The summed E-state index contributed by atoms with van der Waals surface area (Å²) in [6.07, 6.45) is 3.74. The zero-order valence-corrected chi connectivity index (χ0v) is 9.38. The van der Waals surface area contributed by atoms with Crippen molar-refractivity contribution in [2.24, 2.45) is 11.3 Å². The van der Waals surface area contributed by atoms with Crippen LogP contribution in [0.25, 0.3) is 0 Å². The van der Waals surface area contributed by atoms with Gasteiger partial charge in [0.05, 0.1) is 0 Å². The number of amides is 1. The molecule has 0 aromatic carbocycles. The molecule has 2 N–H and O–H groups in total. The van der Waals surface area contributed by atoms with Crippen LogP contribution in [0.15, 0.2) is 0 Å². The first kappa shape index (κ1) is 12.0. The van der Waals surface area contributed by atoms with Gasteiger partial charge in [-0.2, -0.15) is 0 Å². The van der Waals surface area contributed by atoms with Crippen molar-refractivity contribution in [1.29, 1.82) is 0 Å². The first-order chi connectivity index (χ1) is 6.96. The third-order valence-corrected chi connectivity index (χ3v) is 2.99. The third kappa shape index (κ3) is 2.94. The fourth-order valence-corrected chi connectivity index (χ4v) is 2.25. The highest BCUT2D eigenvalue weighted by molar-refractivity contribution is 5.86. The Bertz CT molecular complexity index is 257. The molecule has 4 nitrogen and oxygen atoms in total. The molecule has 0 aromatic heterocycles. The summed E-state index contributed by atoms with van der Waals surface area (Å²) in [5, 5.41) is 11.0. The lowest BCUT2D eigenvalue weighted by molar-refractivity contribution is -0.143. The number of carboxylic acid groups (broad SMARTS) is 1. The third-order valence-electron chi connectivity index (χ3n) is 2.99. The predicted octanol–water partition coefficient (Wildman–Crippen LogP) is 1.40. The van der Waals surface area contributed by atoms with Crippen LogP contribution in [0.4, 0.5) is 0 Å². The molecule has 0 spiro atoms. The van der Waals surface area contributed by atoms with Crippen LogP contribution in [0.5, 0.6) is 0 Å². The molecule has 0 saturated heterocycles. The van der Waals surface area contributed by atoms with E-state index in [0.29, 0.717) is 5.92 Å². The van der Waals surface area contributed by atoms with Crippen LogP contribution in [0.2, 0.25) is 0 Å². The van der Waals surface area contributed by atoms with Crippen molar-refractivity contribution >= 4 is 11.9 Å². The average Bonchev–Trinajstić information content (AvgIpc) is 2.06. The lowest BCUT2D eigenvalue weighted by Crippen LogP contribution is -2.47. The van der Waals surface area contributed by atoms with E-state index in [1.165, 1.54) is 0 Å². The minimum absolute atomic E-state index is 0.0788. The van der Waals surface area contributed by atoms with Crippen LogP contribution < -0.4 is 5.32 Å². The Morgan fingerprint density at radius 2 is 2.00 bits per heavy atom. The monoisotopic (exact) mass is 213 g/mol. The van der Waals surface area contributed by atoms with Crippen LogP contribution in [0.1, 0.15) is 39.5 Å². The van der Waals surface area contributed by atoms with E-state index < -0.39 is 5.97 Å². The van der Waals surface area contributed by atoms with Crippen molar-refractivity contribution in [3.63, 3.8) is 0 Å². The number of hydrogen-bond acceptors (Lipinski definition) is 2. The topological polar surface area (TPSA) is 66.4 Å². The molecule has 4 heteroatoms. The molecule has 0 heterocycles. The fraction of sp³-hybridized carbons (Fsp3) is 0.818. The summed E-state index contributed by atoms with van der Waals surface area (Å²) < 4.78 is 0. The van der Waals surface area contributed by atoms with Crippen molar-refractivity contribution in [2.75, 3.05) is 6.54 Å². The first-order valence-electron chi connectivity index (χ1n) is 5.46. The van der Waals surface area contributed by atoms with Crippen molar-refractivity contribution in [1.82, 2.24) is 5.32 Å². The van der Waals surface area contributed by atoms with E-state index in [4.69, 9.17) is 5.11 Å².